The Labute approximate surface area is 835 Å². The van der Waals surface area contributed by atoms with Gasteiger partial charge in [-0.05, 0) is 155 Å². The van der Waals surface area contributed by atoms with Gasteiger partial charge >= 0.3 is 18.1 Å². The molecule has 62 nitrogen and oxygen atoms in total. The van der Waals surface area contributed by atoms with Crippen LogP contribution in [0.15, 0.2) is 239 Å². The van der Waals surface area contributed by atoms with Gasteiger partial charge in [-0.15, -0.1) is 58.2 Å². The van der Waals surface area contributed by atoms with E-state index in [-0.39, 0.29) is 129 Å². The number of fused-ring (bicyclic) bond motifs is 2. The van der Waals surface area contributed by atoms with Crippen LogP contribution in [0.2, 0.25) is 0 Å². The maximum atomic E-state index is 12.8. The Balaban J connectivity index is 0.000000256. The molecule has 13 aromatic rings. The number of carbonyl (C=O) groups excluding carboxylic acids is 3. The number of aromatic hydroxyl groups is 2. The normalized spacial score (nSPS) is 11.7. The smallest absolute Gasteiger partial charge is 0.333 e. The van der Waals surface area contributed by atoms with Crippen LogP contribution in [0, 0.1) is 27.7 Å². The molecule has 0 bridgehead atoms. The molecular weight excluding hydrogens is 2100 g/mol. The zero-order chi connectivity index (χ0) is 107. The van der Waals surface area contributed by atoms with E-state index in [0.717, 1.165) is 66.7 Å². The number of aromatic amines is 4. The molecule has 0 radical (unpaired) electrons. The Bertz CT molecular complexity index is 7900. The first-order valence-electron chi connectivity index (χ1n) is 39.7. The molecule has 0 saturated heterocycles. The van der Waals surface area contributed by atoms with Crippen LogP contribution in [0.5, 0.6) is 11.5 Å². The summed E-state index contributed by atoms with van der Waals surface area (Å²) in [6, 6.07) is 20.4. The number of urea groups is 2. The van der Waals surface area contributed by atoms with Gasteiger partial charge in [0.05, 0.1) is 89.9 Å². The fourth-order valence-corrected chi connectivity index (χ4v) is 16.4. The Morgan fingerprint density at radius 1 is 0.418 bits per heavy atom. The highest BCUT2D eigenvalue weighted by atomic mass is 32.2. The van der Waals surface area contributed by atoms with Crippen molar-refractivity contribution in [2.75, 3.05) is 74.9 Å². The van der Waals surface area contributed by atoms with E-state index in [4.69, 9.17) is 49.7 Å². The zero-order valence-electron chi connectivity index (χ0n) is 75.1. The van der Waals surface area contributed by atoms with Gasteiger partial charge in [0, 0.05) is 82.2 Å². The van der Waals surface area contributed by atoms with Crippen molar-refractivity contribution >= 4 is 232 Å². The minimum atomic E-state index is -5.26. The molecule has 774 valence electrons. The fraction of sp³-hybridized carbons (Fsp3) is 0.132. The molecular formula is C76H79N29O33S8. The molecule has 0 aliphatic carbocycles. The first-order valence-corrected chi connectivity index (χ1v) is 48.4. The third-order valence-corrected chi connectivity index (χ3v) is 24.2. The molecule has 146 heavy (non-hydrogen) atoms. The Morgan fingerprint density at radius 2 is 0.788 bits per heavy atom. The van der Waals surface area contributed by atoms with Crippen LogP contribution >= 0.6 is 48.2 Å². The average molecular weight is 2180 g/mol. The number of aryl methyl sites for hydroxylation is 4. The van der Waals surface area contributed by atoms with Gasteiger partial charge in [0.2, 0.25) is 23.8 Å². The van der Waals surface area contributed by atoms with Crippen LogP contribution in [0.1, 0.15) is 43.5 Å². The van der Waals surface area contributed by atoms with Gasteiger partial charge in [-0.3, -0.25) is 67.9 Å². The third kappa shape index (κ3) is 32.5. The molecule has 0 unspecified atom stereocenters. The summed E-state index contributed by atoms with van der Waals surface area (Å²) in [5, 5.41) is 114. The predicted octanol–water partition coefficient (Wildman–Crippen LogP) is 13.2. The van der Waals surface area contributed by atoms with Gasteiger partial charge in [0.25, 0.3) is 62.7 Å². The third-order valence-electron chi connectivity index (χ3n) is 18.1. The lowest BCUT2D eigenvalue weighted by molar-refractivity contribution is -0.432. The maximum Gasteiger partial charge on any atom is 0.333 e. The number of nitrogen functional groups attached to an aromatic ring is 5. The minimum absolute atomic E-state index is 0.00619. The number of amides is 5. The van der Waals surface area contributed by atoms with Gasteiger partial charge in [-0.2, -0.15) is 43.6 Å². The molecule has 0 spiro atoms. The standard InChI is InChI=1S/C34H29N13O17S4.C22H19N7O13S4.C9H9N5O2.C6H15N.C5H7N3O/c1-13-7-24(48)40-31(36-13)42-33(51)38-16-3-5-20(65-63-61-53)18(11-16)44-47-29-23(68(58,59)60)10-15-9-21(66-64-62-54)28(30(50)26(15)27(29)35)46-45-19-12-17(4-6-22(19)67(55,56)57)39-34(52)43-32-37-14(2)8-25(49)41-32;23-10-1-3-14(43-41-39-31)12(7-10)26-29-21-17(46(36,37)38)6-9-5-15(44-42-40-32)20(22(30)18(9)19(21)25)28-27-13-8-11(24)2-4-16(13)45(33,34)35;1-6-4-7(15)12-8(11-6)13-9(16)14-3-2-10-5-14;1-4-7(5-2)6-3;1-3-2-4(9)8-5(6)7-3/h3-12,50,53-54H,35H2,1-2H3,(H,55,56,57)(H,58,59,60)(H3,36,38,40,42,48,51)(H3,37,39,41,43,49,52);1-8,30-32H,23-25H2,(H,33,34,35)(H,36,37,38);2-5H,1H3,(H2,11,12,13,15,16);4-6H2,1-3H3;2H,1H3,(H3,6,7,8,9). The quantitative estimate of drug-likeness (QED) is 0.00465. The van der Waals surface area contributed by atoms with E-state index in [1.807, 2.05) is 0 Å². The molecule has 0 atom stereocenters. The van der Waals surface area contributed by atoms with Crippen LogP contribution in [-0.2, 0) is 78.0 Å². The minimum Gasteiger partial charge on any atom is -0.505 e. The summed E-state index contributed by atoms with van der Waals surface area (Å²) in [6.07, 6.45) is 4.32. The SMILES string of the molecule is CCN(CC)CC.Cc1cc(=O)[nH]c(N)n1.Cc1cc(=O)[nH]c(NC(=O)n2ccnc2)n1.Cc1cc(=O)nc(NC(=O)Nc2ccc(SOOO)c(N=Nc3c(S(=O)(=O)O)cc4cc(SOOO)c(N=Nc5cc(NC(=O)Nc6nc(=O)cc(C)[nH]6)ccc5S(=O)(=O)O)c(O)c4c3N)c2)[nH]1.Nc1ccc(SOOO)c(N=Nc2c(S(=O)(=O)O)cc3cc(SOOO)c(N=Nc4cc(N)ccc4S(=O)(=O)O)c(O)c3c2N)c1. The number of rotatable bonds is 32. The number of phenolic OH excluding ortho intramolecular Hbond substituents is 2. The van der Waals surface area contributed by atoms with Crippen LogP contribution in [0.3, 0.4) is 0 Å². The molecule has 5 amide bonds. The van der Waals surface area contributed by atoms with E-state index in [9.17, 15) is 95.7 Å². The van der Waals surface area contributed by atoms with E-state index in [0.29, 0.717) is 46.9 Å². The molecule has 0 aliphatic heterocycles. The van der Waals surface area contributed by atoms with E-state index in [2.05, 4.69) is 176 Å². The molecule has 13 rings (SSSR count). The molecule has 8 aromatic carbocycles. The van der Waals surface area contributed by atoms with Crippen molar-refractivity contribution in [2.24, 2.45) is 40.9 Å². The van der Waals surface area contributed by atoms with Gasteiger partial charge in [0.15, 0.2) is 11.5 Å². The van der Waals surface area contributed by atoms with Crippen molar-refractivity contribution in [1.29, 1.82) is 0 Å². The van der Waals surface area contributed by atoms with Crippen molar-refractivity contribution < 1.29 is 135 Å². The second-order valence-electron chi connectivity index (χ2n) is 28.2. The summed E-state index contributed by atoms with van der Waals surface area (Å²) in [4.78, 5) is 110. The summed E-state index contributed by atoms with van der Waals surface area (Å²) >= 11 is 1.21. The van der Waals surface area contributed by atoms with E-state index < -0.39 is 152 Å². The number of aromatic nitrogens is 10. The molecule has 5 heterocycles. The van der Waals surface area contributed by atoms with E-state index >= 15 is 0 Å². The van der Waals surface area contributed by atoms with Gasteiger partial charge in [-0.25, -0.2) is 50.4 Å². The van der Waals surface area contributed by atoms with E-state index in [1.165, 1.54) is 104 Å². The second kappa shape index (κ2) is 51.7. The summed E-state index contributed by atoms with van der Waals surface area (Å²) in [5.41, 5.74) is 24.2. The predicted molar refractivity (Wildman–Crippen MR) is 521 cm³/mol. The molecule has 70 heteroatoms. The number of H-pyrrole nitrogens is 4. The number of benzene rings is 8. The van der Waals surface area contributed by atoms with Gasteiger partial charge in [-0.1, -0.05) is 40.9 Å². The lowest BCUT2D eigenvalue weighted by Crippen LogP contribution is -2.23. The highest BCUT2D eigenvalue weighted by molar-refractivity contribution is 7.95. The van der Waals surface area contributed by atoms with Crippen molar-refractivity contribution in [3.05, 3.63) is 204 Å². The number of nitrogens with one attached hydrogen (secondary N) is 9. The molecule has 0 aliphatic rings. The summed E-state index contributed by atoms with van der Waals surface area (Å²) in [5.74, 6) is -1.93. The number of hydrogen-bond acceptors (Lipinski definition) is 52. The lowest BCUT2D eigenvalue weighted by atomic mass is 10.1. The van der Waals surface area contributed by atoms with Crippen molar-refractivity contribution in [1.82, 2.24) is 54.3 Å². The number of carbonyl (C=O) groups is 3. The fourth-order valence-electron chi connectivity index (χ4n) is 12.0. The van der Waals surface area contributed by atoms with Crippen LogP contribution in [-0.4, -0.2) is 175 Å². The van der Waals surface area contributed by atoms with Crippen LogP contribution < -0.4 is 77.5 Å². The topological polar surface area (TPSA) is 957 Å². The van der Waals surface area contributed by atoms with Gasteiger partial charge < -0.3 is 64.4 Å². The molecule has 0 saturated carbocycles. The number of nitrogens with zero attached hydrogens (tertiary/aromatic N) is 15. The van der Waals surface area contributed by atoms with Crippen LogP contribution in [0.4, 0.5) is 118 Å². The largest absolute Gasteiger partial charge is 0.505 e. The maximum absolute atomic E-state index is 12.8. The van der Waals surface area contributed by atoms with Crippen molar-refractivity contribution in [3.8, 4) is 11.5 Å². The number of nitrogens with two attached hydrogens (primary N) is 5. The highest BCUT2D eigenvalue weighted by Gasteiger charge is 2.30. The van der Waals surface area contributed by atoms with Crippen LogP contribution in [0.25, 0.3) is 21.5 Å². The van der Waals surface area contributed by atoms with Crippen molar-refractivity contribution in [2.45, 2.75) is 87.6 Å². The first-order chi connectivity index (χ1) is 68.9. The number of imidazole rings is 1. The lowest BCUT2D eigenvalue weighted by Gasteiger charge is -2.14. The summed E-state index contributed by atoms with van der Waals surface area (Å²) < 4.78 is 158. The van der Waals surface area contributed by atoms with Gasteiger partial charge in [0.1, 0.15) is 71.4 Å². The zero-order valence-corrected chi connectivity index (χ0v) is 81.7. The highest BCUT2D eigenvalue weighted by Crippen LogP contribution is 2.53. The second-order valence-corrected chi connectivity index (χ2v) is 36.8. The summed E-state index contributed by atoms with van der Waals surface area (Å²) in [7, 11) is -20.2. The number of anilines is 10. The molecule has 0 fully saturated rings. The number of hydrogen-bond donors (Lipinski definition) is 24. The Morgan fingerprint density at radius 3 is 1.18 bits per heavy atom. The molecule has 5 aromatic heterocycles. The van der Waals surface area contributed by atoms with Crippen molar-refractivity contribution in [3.63, 3.8) is 0 Å². The summed E-state index contributed by atoms with van der Waals surface area (Å²) in [6.45, 7) is 16.6. The number of azo groups is 4. The molecule has 29 N–H and O–H groups in total. The Hall–Kier alpha value is -15.5. The van der Waals surface area contributed by atoms with E-state index in [1.54, 1.807) is 20.8 Å². The monoisotopic (exact) mass is 2180 g/mol. The average Bonchev–Trinajstić information content (AvgIpc) is 0.770. The Kier molecular flexibility index (Phi) is 40.4. The number of phenols is 2. The first kappa shape index (κ1) is 114.